The van der Waals surface area contributed by atoms with Crippen molar-refractivity contribution in [2.24, 2.45) is 0 Å². The quantitative estimate of drug-likeness (QED) is 0.714. The minimum atomic E-state index is -0.0297. The number of aromatic nitrogens is 1. The van der Waals surface area contributed by atoms with Gasteiger partial charge in [-0.05, 0) is 6.07 Å². The SMILES string of the molecule is COCC(CNc1ncccc1CO)OC. The van der Waals surface area contributed by atoms with Crippen LogP contribution in [0, 0.1) is 0 Å². The Balaban J connectivity index is 2.52. The second-order valence-electron chi connectivity index (χ2n) is 3.36. The van der Waals surface area contributed by atoms with Crippen molar-refractivity contribution in [3.63, 3.8) is 0 Å². The summed E-state index contributed by atoms with van der Waals surface area (Å²) in [5.41, 5.74) is 0.773. The number of methoxy groups -OCH3 is 2. The molecule has 0 aliphatic carbocycles. The van der Waals surface area contributed by atoms with Crippen LogP contribution >= 0.6 is 0 Å². The molecular weight excluding hydrogens is 208 g/mol. The van der Waals surface area contributed by atoms with Crippen molar-refractivity contribution in [3.8, 4) is 0 Å². The summed E-state index contributed by atoms with van der Waals surface area (Å²) in [7, 11) is 3.27. The minimum absolute atomic E-state index is 0.0291. The van der Waals surface area contributed by atoms with Crippen molar-refractivity contribution in [1.82, 2.24) is 4.98 Å². The van der Waals surface area contributed by atoms with Gasteiger partial charge in [-0.2, -0.15) is 0 Å². The highest BCUT2D eigenvalue weighted by atomic mass is 16.5. The number of nitrogens with zero attached hydrogens (tertiary/aromatic N) is 1. The van der Waals surface area contributed by atoms with Gasteiger partial charge in [0.15, 0.2) is 0 Å². The summed E-state index contributed by atoms with van der Waals surface area (Å²) in [5.74, 6) is 0.683. The molecule has 1 rings (SSSR count). The molecule has 1 atom stereocenters. The summed E-state index contributed by atoms with van der Waals surface area (Å²) in [4.78, 5) is 4.15. The van der Waals surface area contributed by atoms with Gasteiger partial charge < -0.3 is 19.9 Å². The topological polar surface area (TPSA) is 63.6 Å². The summed E-state index contributed by atoms with van der Waals surface area (Å²) in [6.07, 6.45) is 1.65. The number of nitrogens with one attached hydrogen (secondary N) is 1. The van der Waals surface area contributed by atoms with Gasteiger partial charge in [0.1, 0.15) is 5.82 Å². The molecule has 0 aromatic carbocycles. The van der Waals surface area contributed by atoms with Crippen molar-refractivity contribution in [1.29, 1.82) is 0 Å². The fourth-order valence-corrected chi connectivity index (χ4v) is 1.33. The largest absolute Gasteiger partial charge is 0.392 e. The van der Waals surface area contributed by atoms with E-state index >= 15 is 0 Å². The van der Waals surface area contributed by atoms with Gasteiger partial charge in [0.2, 0.25) is 0 Å². The minimum Gasteiger partial charge on any atom is -0.392 e. The average Bonchev–Trinajstić information content (AvgIpc) is 2.34. The molecule has 0 radical (unpaired) electrons. The van der Waals surface area contributed by atoms with E-state index < -0.39 is 0 Å². The lowest BCUT2D eigenvalue weighted by molar-refractivity contribution is 0.0365. The first-order valence-corrected chi connectivity index (χ1v) is 5.12. The molecule has 90 valence electrons. The standard InChI is InChI=1S/C11H18N2O3/c1-15-8-10(16-2)6-13-11-9(7-14)4-3-5-12-11/h3-5,10,14H,6-8H2,1-2H3,(H,12,13). The van der Waals surface area contributed by atoms with Crippen LogP contribution in [0.5, 0.6) is 0 Å². The zero-order valence-electron chi connectivity index (χ0n) is 9.64. The molecule has 0 bridgehead atoms. The molecule has 0 amide bonds. The van der Waals surface area contributed by atoms with Crippen LogP contribution in [0.2, 0.25) is 0 Å². The first-order valence-electron chi connectivity index (χ1n) is 5.12. The van der Waals surface area contributed by atoms with E-state index in [0.717, 1.165) is 5.56 Å². The zero-order valence-corrected chi connectivity index (χ0v) is 9.64. The smallest absolute Gasteiger partial charge is 0.131 e. The van der Waals surface area contributed by atoms with Crippen LogP contribution in [0.3, 0.4) is 0 Å². The molecule has 5 nitrogen and oxygen atoms in total. The number of hydrogen-bond donors (Lipinski definition) is 2. The van der Waals surface area contributed by atoms with Crippen LogP contribution < -0.4 is 5.32 Å². The first-order chi connectivity index (χ1) is 7.81. The molecule has 16 heavy (non-hydrogen) atoms. The number of ether oxygens (including phenoxy) is 2. The van der Waals surface area contributed by atoms with E-state index in [1.165, 1.54) is 0 Å². The molecule has 1 heterocycles. The fourth-order valence-electron chi connectivity index (χ4n) is 1.33. The fraction of sp³-hybridized carbons (Fsp3) is 0.545. The maximum Gasteiger partial charge on any atom is 0.131 e. The van der Waals surface area contributed by atoms with Gasteiger partial charge in [-0.1, -0.05) is 6.07 Å². The molecule has 0 fully saturated rings. The Hall–Kier alpha value is -1.17. The monoisotopic (exact) mass is 226 g/mol. The molecule has 5 heteroatoms. The highest BCUT2D eigenvalue weighted by molar-refractivity contribution is 5.43. The van der Waals surface area contributed by atoms with Gasteiger partial charge in [-0.15, -0.1) is 0 Å². The summed E-state index contributed by atoms with van der Waals surface area (Å²) >= 11 is 0. The van der Waals surface area contributed by atoms with E-state index in [-0.39, 0.29) is 12.7 Å². The van der Waals surface area contributed by atoms with Gasteiger partial charge in [-0.25, -0.2) is 4.98 Å². The Morgan fingerprint density at radius 3 is 2.94 bits per heavy atom. The van der Waals surface area contributed by atoms with Crippen LogP contribution in [0.4, 0.5) is 5.82 Å². The number of hydrogen-bond acceptors (Lipinski definition) is 5. The number of aliphatic hydroxyl groups excluding tert-OH is 1. The van der Waals surface area contributed by atoms with Crippen LogP contribution in [-0.2, 0) is 16.1 Å². The van der Waals surface area contributed by atoms with Gasteiger partial charge >= 0.3 is 0 Å². The molecule has 1 aromatic heterocycles. The van der Waals surface area contributed by atoms with Gasteiger partial charge in [-0.3, -0.25) is 0 Å². The second-order valence-corrected chi connectivity index (χ2v) is 3.36. The van der Waals surface area contributed by atoms with Crippen molar-refractivity contribution < 1.29 is 14.6 Å². The summed E-state index contributed by atoms with van der Waals surface area (Å²) in [5, 5.41) is 12.2. The van der Waals surface area contributed by atoms with Crippen molar-refractivity contribution in [3.05, 3.63) is 23.9 Å². The lowest BCUT2D eigenvalue weighted by Crippen LogP contribution is -2.27. The number of pyridine rings is 1. The highest BCUT2D eigenvalue weighted by Gasteiger charge is 2.08. The Morgan fingerprint density at radius 2 is 2.31 bits per heavy atom. The molecule has 1 unspecified atom stereocenters. The van der Waals surface area contributed by atoms with Gasteiger partial charge in [0.05, 0.1) is 19.3 Å². The zero-order chi connectivity index (χ0) is 11.8. The van der Waals surface area contributed by atoms with E-state index in [0.29, 0.717) is 19.0 Å². The van der Waals surface area contributed by atoms with E-state index in [4.69, 9.17) is 14.6 Å². The Morgan fingerprint density at radius 1 is 1.50 bits per heavy atom. The van der Waals surface area contributed by atoms with Gasteiger partial charge in [0, 0.05) is 32.5 Å². The lowest BCUT2D eigenvalue weighted by Gasteiger charge is -2.16. The van der Waals surface area contributed by atoms with Crippen molar-refractivity contribution >= 4 is 5.82 Å². The number of anilines is 1. The first kappa shape index (κ1) is 12.9. The Kier molecular flexibility index (Phi) is 5.77. The molecule has 0 saturated carbocycles. The van der Waals surface area contributed by atoms with E-state index in [1.54, 1.807) is 26.5 Å². The Bertz CT molecular complexity index is 307. The third kappa shape index (κ3) is 3.77. The summed E-state index contributed by atoms with van der Waals surface area (Å²) < 4.78 is 10.2. The molecule has 0 spiro atoms. The third-order valence-electron chi connectivity index (χ3n) is 2.24. The molecule has 2 N–H and O–H groups in total. The maximum absolute atomic E-state index is 9.11. The van der Waals surface area contributed by atoms with Crippen molar-refractivity contribution in [2.45, 2.75) is 12.7 Å². The third-order valence-corrected chi connectivity index (χ3v) is 2.24. The van der Waals surface area contributed by atoms with Gasteiger partial charge in [0.25, 0.3) is 0 Å². The lowest BCUT2D eigenvalue weighted by atomic mass is 10.2. The predicted molar refractivity (Wildman–Crippen MR) is 61.3 cm³/mol. The predicted octanol–water partition coefficient (Wildman–Crippen LogP) is 0.647. The number of aliphatic hydroxyl groups is 1. The van der Waals surface area contributed by atoms with Crippen LogP contribution in [0.15, 0.2) is 18.3 Å². The molecular formula is C11H18N2O3. The average molecular weight is 226 g/mol. The molecule has 0 saturated heterocycles. The van der Waals surface area contributed by atoms with E-state index in [2.05, 4.69) is 10.3 Å². The Labute approximate surface area is 95.4 Å². The van der Waals surface area contributed by atoms with Crippen LogP contribution in [-0.4, -0.2) is 43.6 Å². The number of rotatable bonds is 7. The summed E-state index contributed by atoms with van der Waals surface area (Å²) in [6, 6.07) is 3.62. The van der Waals surface area contributed by atoms with E-state index in [1.807, 2.05) is 6.07 Å². The molecule has 1 aromatic rings. The molecule has 0 aliphatic heterocycles. The maximum atomic E-state index is 9.11. The normalized spacial score (nSPS) is 12.4. The molecule has 0 aliphatic rings. The summed E-state index contributed by atoms with van der Waals surface area (Å²) in [6.45, 7) is 1.08. The van der Waals surface area contributed by atoms with Crippen LogP contribution in [0.25, 0.3) is 0 Å². The highest BCUT2D eigenvalue weighted by Crippen LogP contribution is 2.11. The van der Waals surface area contributed by atoms with E-state index in [9.17, 15) is 0 Å². The second kappa shape index (κ2) is 7.16. The van der Waals surface area contributed by atoms with Crippen LogP contribution in [0.1, 0.15) is 5.56 Å². The van der Waals surface area contributed by atoms with Crippen molar-refractivity contribution in [2.75, 3.05) is 32.7 Å².